The summed E-state index contributed by atoms with van der Waals surface area (Å²) in [5.41, 5.74) is 0.227. The lowest BCUT2D eigenvalue weighted by Crippen LogP contribution is -2.44. The summed E-state index contributed by atoms with van der Waals surface area (Å²) in [5, 5.41) is 3.29. The molecule has 4 rings (SSSR count). The van der Waals surface area contributed by atoms with Gasteiger partial charge in [0.15, 0.2) is 0 Å². The van der Waals surface area contributed by atoms with Crippen LogP contribution in [0.3, 0.4) is 0 Å². The fourth-order valence-electron chi connectivity index (χ4n) is 4.34. The van der Waals surface area contributed by atoms with Gasteiger partial charge < -0.3 is 0 Å². The number of hydrogen-bond donors (Lipinski definition) is 1. The molecule has 0 spiro atoms. The Kier molecular flexibility index (Phi) is 6.24. The Balaban J connectivity index is 1.64. The molecule has 1 aliphatic rings. The molecule has 33 heavy (non-hydrogen) atoms. The summed E-state index contributed by atoms with van der Waals surface area (Å²) < 4.78 is 59.2. The first kappa shape index (κ1) is 23.3. The third kappa shape index (κ3) is 4.37. The van der Waals surface area contributed by atoms with Crippen LogP contribution < -0.4 is 5.69 Å². The highest BCUT2D eigenvalue weighted by atomic mass is 32.2. The van der Waals surface area contributed by atoms with E-state index in [1.165, 1.54) is 11.4 Å². The van der Waals surface area contributed by atoms with Gasteiger partial charge in [-0.3, -0.25) is 4.98 Å². The summed E-state index contributed by atoms with van der Waals surface area (Å²) in [4.78, 5) is 14.2. The highest BCUT2D eigenvalue weighted by Gasteiger charge is 2.40. The summed E-state index contributed by atoms with van der Waals surface area (Å²) >= 11 is 0. The van der Waals surface area contributed by atoms with Crippen LogP contribution in [0, 0.1) is 11.6 Å². The summed E-state index contributed by atoms with van der Waals surface area (Å²) in [6.45, 7) is 3.13. The molecule has 1 saturated heterocycles. The molecule has 1 aliphatic heterocycles. The van der Waals surface area contributed by atoms with Crippen LogP contribution in [-0.4, -0.2) is 33.5 Å². The van der Waals surface area contributed by atoms with Crippen molar-refractivity contribution in [2.75, 3.05) is 0 Å². The van der Waals surface area contributed by atoms with E-state index in [1.54, 1.807) is 38.1 Å². The molecule has 0 radical (unpaired) electrons. The molecule has 176 valence electrons. The Bertz CT molecular complexity index is 1320. The zero-order valence-electron chi connectivity index (χ0n) is 18.6. The van der Waals surface area contributed by atoms with Gasteiger partial charge in [0.1, 0.15) is 22.7 Å². The van der Waals surface area contributed by atoms with Gasteiger partial charge in [-0.2, -0.15) is 9.40 Å². The van der Waals surface area contributed by atoms with Crippen molar-refractivity contribution in [2.45, 2.75) is 50.4 Å². The highest BCUT2D eigenvalue weighted by Crippen LogP contribution is 2.38. The Labute approximate surface area is 191 Å². The SMILES string of the molecule is CC(c1nn(C)c(=O)[nH]1)c1cc(F)c(CN2[C@@H](C)CC[C@H](c3ccccc3)S2(=O)=O)cc1F. The summed E-state index contributed by atoms with van der Waals surface area (Å²) in [7, 11) is -2.32. The summed E-state index contributed by atoms with van der Waals surface area (Å²) in [6, 6.07) is 10.7. The van der Waals surface area contributed by atoms with Gasteiger partial charge in [0.05, 0.1) is 0 Å². The van der Waals surface area contributed by atoms with Crippen LogP contribution >= 0.6 is 0 Å². The minimum absolute atomic E-state index is 0.0299. The number of rotatable bonds is 5. The van der Waals surface area contributed by atoms with Crippen LogP contribution in [0.25, 0.3) is 0 Å². The van der Waals surface area contributed by atoms with Crippen LogP contribution in [0.5, 0.6) is 0 Å². The van der Waals surface area contributed by atoms with Gasteiger partial charge in [0.2, 0.25) is 10.0 Å². The van der Waals surface area contributed by atoms with E-state index in [0.29, 0.717) is 18.4 Å². The van der Waals surface area contributed by atoms with E-state index in [-0.39, 0.29) is 29.5 Å². The van der Waals surface area contributed by atoms with Crippen molar-refractivity contribution in [3.05, 3.63) is 87.1 Å². The molecule has 0 aliphatic carbocycles. The lowest BCUT2D eigenvalue weighted by Gasteiger charge is -2.37. The lowest BCUT2D eigenvalue weighted by atomic mass is 9.97. The van der Waals surface area contributed by atoms with E-state index in [0.717, 1.165) is 16.8 Å². The fraction of sp³-hybridized carbons (Fsp3) is 0.391. The van der Waals surface area contributed by atoms with Crippen LogP contribution in [0.1, 0.15) is 60.4 Å². The molecule has 0 bridgehead atoms. The smallest absolute Gasteiger partial charge is 0.292 e. The lowest BCUT2D eigenvalue weighted by molar-refractivity contribution is 0.278. The first-order valence-electron chi connectivity index (χ1n) is 10.8. The molecular formula is C23H26F2N4O3S. The summed E-state index contributed by atoms with van der Waals surface area (Å²) in [5.74, 6) is -1.87. The number of benzene rings is 2. The van der Waals surface area contributed by atoms with E-state index >= 15 is 4.39 Å². The van der Waals surface area contributed by atoms with Gasteiger partial charge in [-0.1, -0.05) is 37.3 Å². The number of H-pyrrole nitrogens is 1. The number of hydrogen-bond acceptors (Lipinski definition) is 4. The maximum Gasteiger partial charge on any atom is 0.343 e. The first-order chi connectivity index (χ1) is 15.6. The number of sulfonamides is 1. The van der Waals surface area contributed by atoms with E-state index < -0.39 is 38.5 Å². The van der Waals surface area contributed by atoms with Crippen molar-refractivity contribution in [2.24, 2.45) is 7.05 Å². The Morgan fingerprint density at radius 1 is 1.15 bits per heavy atom. The fourth-order valence-corrected chi connectivity index (χ4v) is 6.53. The Hall–Kier alpha value is -2.85. The number of aromatic nitrogens is 3. The monoisotopic (exact) mass is 476 g/mol. The zero-order chi connectivity index (χ0) is 23.9. The predicted molar refractivity (Wildman–Crippen MR) is 120 cm³/mol. The van der Waals surface area contributed by atoms with Gasteiger partial charge >= 0.3 is 5.69 Å². The largest absolute Gasteiger partial charge is 0.343 e. The third-order valence-corrected chi connectivity index (χ3v) is 8.72. The molecule has 10 heteroatoms. The molecule has 1 fully saturated rings. The maximum absolute atomic E-state index is 15.1. The molecule has 1 N–H and O–H groups in total. The quantitative estimate of drug-likeness (QED) is 0.610. The summed E-state index contributed by atoms with van der Waals surface area (Å²) in [6.07, 6.45) is 1.09. The third-order valence-electron chi connectivity index (χ3n) is 6.35. The van der Waals surface area contributed by atoms with Crippen LogP contribution in [0.2, 0.25) is 0 Å². The van der Waals surface area contributed by atoms with Crippen molar-refractivity contribution in [3.63, 3.8) is 0 Å². The second-order valence-electron chi connectivity index (χ2n) is 8.54. The number of nitrogens with one attached hydrogen (secondary N) is 1. The molecule has 1 aromatic heterocycles. The number of halogens is 2. The zero-order valence-corrected chi connectivity index (χ0v) is 19.4. The van der Waals surface area contributed by atoms with Gasteiger partial charge in [-0.25, -0.2) is 26.7 Å². The topological polar surface area (TPSA) is 88.1 Å². The van der Waals surface area contributed by atoms with Gasteiger partial charge in [0.25, 0.3) is 0 Å². The molecule has 7 nitrogen and oxygen atoms in total. The minimum Gasteiger partial charge on any atom is -0.292 e. The molecule has 0 saturated carbocycles. The average molecular weight is 477 g/mol. The van der Waals surface area contributed by atoms with Crippen molar-refractivity contribution in [3.8, 4) is 0 Å². The van der Waals surface area contributed by atoms with Crippen molar-refractivity contribution in [1.82, 2.24) is 19.1 Å². The minimum atomic E-state index is -3.77. The van der Waals surface area contributed by atoms with E-state index in [4.69, 9.17) is 0 Å². The van der Waals surface area contributed by atoms with Crippen molar-refractivity contribution < 1.29 is 17.2 Å². The molecule has 0 amide bonds. The van der Waals surface area contributed by atoms with E-state index in [1.807, 2.05) is 6.07 Å². The predicted octanol–water partition coefficient (Wildman–Crippen LogP) is 3.59. The van der Waals surface area contributed by atoms with E-state index in [2.05, 4.69) is 10.1 Å². The number of aromatic amines is 1. The Morgan fingerprint density at radius 3 is 2.48 bits per heavy atom. The van der Waals surface area contributed by atoms with Crippen LogP contribution in [-0.2, 0) is 23.6 Å². The van der Waals surface area contributed by atoms with Gasteiger partial charge in [-0.15, -0.1) is 0 Å². The molecule has 3 atom stereocenters. The van der Waals surface area contributed by atoms with Gasteiger partial charge in [-0.05, 0) is 37.5 Å². The molecular weight excluding hydrogens is 450 g/mol. The second kappa shape index (κ2) is 8.83. The van der Waals surface area contributed by atoms with Crippen molar-refractivity contribution in [1.29, 1.82) is 0 Å². The first-order valence-corrected chi connectivity index (χ1v) is 12.3. The molecule has 3 aromatic rings. The average Bonchev–Trinajstić information content (AvgIpc) is 3.11. The van der Waals surface area contributed by atoms with Crippen LogP contribution in [0.4, 0.5) is 8.78 Å². The number of nitrogens with zero attached hydrogens (tertiary/aromatic N) is 3. The maximum atomic E-state index is 15.1. The normalized spacial score (nSPS) is 21.7. The number of aryl methyl sites for hydroxylation is 1. The second-order valence-corrected chi connectivity index (χ2v) is 10.6. The molecule has 1 unspecified atom stereocenters. The Morgan fingerprint density at radius 2 is 1.85 bits per heavy atom. The van der Waals surface area contributed by atoms with Gasteiger partial charge in [0, 0.05) is 36.7 Å². The van der Waals surface area contributed by atoms with E-state index in [9.17, 15) is 17.6 Å². The van der Waals surface area contributed by atoms with Crippen molar-refractivity contribution >= 4 is 10.0 Å². The highest BCUT2D eigenvalue weighted by molar-refractivity contribution is 7.89. The molecule has 2 aromatic carbocycles. The van der Waals surface area contributed by atoms with Crippen LogP contribution in [0.15, 0.2) is 47.3 Å². The standard InChI is InChI=1S/C23H26F2N4O3S/c1-14-9-10-21(16-7-5-4-6-8-16)33(31,32)29(14)13-17-11-20(25)18(12-19(17)24)15(2)22-26-23(30)28(3)27-22/h4-8,11-12,14-15,21H,9-10,13H2,1-3H3,(H,26,27,30)/t14-,15?,21+/m0/s1. The molecule has 2 heterocycles.